The molecular weight excluding hydrogens is 180 g/mol. The Morgan fingerprint density at radius 2 is 2.29 bits per heavy atom. The molecule has 80 valence electrons. The van der Waals surface area contributed by atoms with E-state index in [1.165, 1.54) is 0 Å². The maximum Gasteiger partial charge on any atom is 0.111 e. The summed E-state index contributed by atoms with van der Waals surface area (Å²) in [6, 6.07) is 2.32. The van der Waals surface area contributed by atoms with Crippen molar-refractivity contribution in [3.05, 3.63) is 0 Å². The fourth-order valence-corrected chi connectivity index (χ4v) is 1.74. The van der Waals surface area contributed by atoms with Crippen LogP contribution in [0.1, 0.15) is 19.8 Å². The zero-order valence-corrected chi connectivity index (χ0v) is 8.88. The van der Waals surface area contributed by atoms with Gasteiger partial charge >= 0.3 is 0 Å². The minimum atomic E-state index is -0.363. The fourth-order valence-electron chi connectivity index (χ4n) is 1.74. The highest BCUT2D eigenvalue weighted by molar-refractivity contribution is 5.16. The van der Waals surface area contributed by atoms with Gasteiger partial charge in [0.15, 0.2) is 0 Å². The topological polar surface area (TPSA) is 54.3 Å². The van der Waals surface area contributed by atoms with Crippen molar-refractivity contribution in [2.75, 3.05) is 26.9 Å². The molecule has 0 radical (unpaired) electrons. The number of nitriles is 1. The van der Waals surface area contributed by atoms with Gasteiger partial charge in [0.25, 0.3) is 0 Å². The average molecular weight is 198 g/mol. The van der Waals surface area contributed by atoms with Crippen LogP contribution in [0.5, 0.6) is 0 Å². The van der Waals surface area contributed by atoms with Crippen molar-refractivity contribution in [3.8, 4) is 6.07 Å². The summed E-state index contributed by atoms with van der Waals surface area (Å²) < 4.78 is 10.3. The molecule has 1 saturated carbocycles. The molecule has 0 atom stereocenters. The molecule has 0 aliphatic heterocycles. The van der Waals surface area contributed by atoms with Gasteiger partial charge in [-0.25, -0.2) is 0 Å². The van der Waals surface area contributed by atoms with Crippen LogP contribution in [-0.4, -0.2) is 38.5 Å². The lowest BCUT2D eigenvalue weighted by Crippen LogP contribution is -2.58. The summed E-state index contributed by atoms with van der Waals surface area (Å²) in [5.74, 6) is 0. The highest BCUT2D eigenvalue weighted by Gasteiger charge is 2.44. The lowest BCUT2D eigenvalue weighted by molar-refractivity contribution is -0.0325. The van der Waals surface area contributed by atoms with Gasteiger partial charge in [0.1, 0.15) is 5.54 Å². The Labute approximate surface area is 85.2 Å². The molecule has 1 rings (SSSR count). The molecule has 1 aliphatic carbocycles. The molecule has 4 heteroatoms. The molecule has 0 spiro atoms. The first-order chi connectivity index (χ1) is 6.76. The standard InChI is InChI=1S/C10H18N2O2/c1-3-14-9-6-10(7-9,8-11)12-4-5-13-2/h9,12H,3-7H2,1-2H3. The number of ether oxygens (including phenoxy) is 2. The fraction of sp³-hybridized carbons (Fsp3) is 0.900. The van der Waals surface area contributed by atoms with E-state index in [1.807, 2.05) is 6.92 Å². The molecule has 0 amide bonds. The molecule has 1 N–H and O–H groups in total. The first kappa shape index (κ1) is 11.4. The van der Waals surface area contributed by atoms with Crippen molar-refractivity contribution in [1.82, 2.24) is 5.32 Å². The van der Waals surface area contributed by atoms with Gasteiger partial charge in [-0.3, -0.25) is 5.32 Å². The van der Waals surface area contributed by atoms with Crippen LogP contribution in [-0.2, 0) is 9.47 Å². The van der Waals surface area contributed by atoms with Crippen molar-refractivity contribution in [2.45, 2.75) is 31.4 Å². The highest BCUT2D eigenvalue weighted by atomic mass is 16.5. The normalized spacial score (nSPS) is 30.8. The van der Waals surface area contributed by atoms with Crippen molar-refractivity contribution in [3.63, 3.8) is 0 Å². The molecule has 0 aromatic carbocycles. The van der Waals surface area contributed by atoms with Gasteiger partial charge in [-0.05, 0) is 6.92 Å². The van der Waals surface area contributed by atoms with Gasteiger partial charge in [-0.2, -0.15) is 5.26 Å². The van der Waals surface area contributed by atoms with E-state index in [4.69, 9.17) is 14.7 Å². The summed E-state index contributed by atoms with van der Waals surface area (Å²) in [7, 11) is 1.66. The number of hydrogen-bond acceptors (Lipinski definition) is 4. The summed E-state index contributed by atoms with van der Waals surface area (Å²) in [5, 5.41) is 12.2. The SMILES string of the molecule is CCOC1CC(C#N)(NCCOC)C1. The Kier molecular flexibility index (Phi) is 4.33. The van der Waals surface area contributed by atoms with Gasteiger partial charge in [0.2, 0.25) is 0 Å². The monoisotopic (exact) mass is 198 g/mol. The van der Waals surface area contributed by atoms with Gasteiger partial charge in [-0.15, -0.1) is 0 Å². The minimum absolute atomic E-state index is 0.259. The second kappa shape index (κ2) is 5.30. The second-order valence-electron chi connectivity index (χ2n) is 3.60. The van der Waals surface area contributed by atoms with Crippen molar-refractivity contribution >= 4 is 0 Å². The van der Waals surface area contributed by atoms with E-state index in [9.17, 15) is 0 Å². The summed E-state index contributed by atoms with van der Waals surface area (Å²) >= 11 is 0. The smallest absolute Gasteiger partial charge is 0.111 e. The molecule has 0 aromatic heterocycles. The zero-order valence-electron chi connectivity index (χ0n) is 8.88. The lowest BCUT2D eigenvalue weighted by Gasteiger charge is -2.42. The largest absolute Gasteiger partial charge is 0.383 e. The molecule has 0 unspecified atom stereocenters. The van der Waals surface area contributed by atoms with E-state index in [0.717, 1.165) is 26.0 Å². The van der Waals surface area contributed by atoms with Gasteiger partial charge in [0, 0.05) is 33.1 Å². The molecule has 0 saturated heterocycles. The number of nitrogens with zero attached hydrogens (tertiary/aromatic N) is 1. The molecule has 4 nitrogen and oxygen atoms in total. The van der Waals surface area contributed by atoms with Crippen LogP contribution in [0, 0.1) is 11.3 Å². The summed E-state index contributed by atoms with van der Waals surface area (Å²) in [4.78, 5) is 0. The van der Waals surface area contributed by atoms with Crippen LogP contribution in [0.25, 0.3) is 0 Å². The predicted octanol–water partition coefficient (Wildman–Crippen LogP) is 0.684. The highest BCUT2D eigenvalue weighted by Crippen LogP contribution is 2.33. The maximum atomic E-state index is 9.01. The first-order valence-corrected chi connectivity index (χ1v) is 5.03. The van der Waals surface area contributed by atoms with Gasteiger partial charge in [0.05, 0.1) is 18.8 Å². The zero-order chi connectivity index (χ0) is 10.4. The Balaban J connectivity index is 2.23. The van der Waals surface area contributed by atoms with Crippen LogP contribution >= 0.6 is 0 Å². The quantitative estimate of drug-likeness (QED) is 0.638. The van der Waals surface area contributed by atoms with Crippen LogP contribution in [0.4, 0.5) is 0 Å². The van der Waals surface area contributed by atoms with Crippen LogP contribution in [0.2, 0.25) is 0 Å². The van der Waals surface area contributed by atoms with Gasteiger partial charge < -0.3 is 9.47 Å². The number of rotatable bonds is 6. The third kappa shape index (κ3) is 2.68. The summed E-state index contributed by atoms with van der Waals surface area (Å²) in [6.07, 6.45) is 1.84. The average Bonchev–Trinajstić information content (AvgIpc) is 2.14. The van der Waals surface area contributed by atoms with E-state index >= 15 is 0 Å². The Hall–Kier alpha value is -0.630. The van der Waals surface area contributed by atoms with Crippen LogP contribution in [0.3, 0.4) is 0 Å². The van der Waals surface area contributed by atoms with E-state index < -0.39 is 0 Å². The number of hydrogen-bond donors (Lipinski definition) is 1. The van der Waals surface area contributed by atoms with E-state index in [1.54, 1.807) is 7.11 Å². The lowest BCUT2D eigenvalue weighted by atomic mass is 9.75. The molecular formula is C10H18N2O2. The molecule has 1 aliphatic rings. The number of methoxy groups -OCH3 is 1. The van der Waals surface area contributed by atoms with E-state index in [0.29, 0.717) is 6.61 Å². The molecule has 0 bridgehead atoms. The van der Waals surface area contributed by atoms with Crippen LogP contribution in [0.15, 0.2) is 0 Å². The third-order valence-corrected chi connectivity index (χ3v) is 2.54. The first-order valence-electron chi connectivity index (χ1n) is 5.03. The number of nitrogens with one attached hydrogen (secondary N) is 1. The summed E-state index contributed by atoms with van der Waals surface area (Å²) in [5.41, 5.74) is -0.363. The summed E-state index contributed by atoms with van der Waals surface area (Å²) in [6.45, 7) is 4.07. The minimum Gasteiger partial charge on any atom is -0.383 e. The van der Waals surface area contributed by atoms with Crippen molar-refractivity contribution in [2.24, 2.45) is 0 Å². The maximum absolute atomic E-state index is 9.01. The van der Waals surface area contributed by atoms with E-state index in [2.05, 4.69) is 11.4 Å². The Morgan fingerprint density at radius 1 is 1.57 bits per heavy atom. The Bertz CT molecular complexity index is 201. The third-order valence-electron chi connectivity index (χ3n) is 2.54. The molecule has 14 heavy (non-hydrogen) atoms. The van der Waals surface area contributed by atoms with E-state index in [-0.39, 0.29) is 11.6 Å². The molecule has 0 heterocycles. The molecule has 0 aromatic rings. The molecule has 1 fully saturated rings. The van der Waals surface area contributed by atoms with Gasteiger partial charge in [-0.1, -0.05) is 0 Å². The second-order valence-corrected chi connectivity index (χ2v) is 3.60. The van der Waals surface area contributed by atoms with Crippen molar-refractivity contribution in [1.29, 1.82) is 5.26 Å². The predicted molar refractivity (Wildman–Crippen MR) is 52.9 cm³/mol. The van der Waals surface area contributed by atoms with Crippen LogP contribution < -0.4 is 5.32 Å². The van der Waals surface area contributed by atoms with Crippen molar-refractivity contribution < 1.29 is 9.47 Å². The Morgan fingerprint density at radius 3 is 2.79 bits per heavy atom.